The number of hydrogen-bond acceptors (Lipinski definition) is 3. The maximum absolute atomic E-state index is 12.1. The van der Waals surface area contributed by atoms with Gasteiger partial charge in [-0.05, 0) is 46.1 Å². The molecule has 0 aromatic heterocycles. The Balaban J connectivity index is 2.07. The number of aryl methyl sites for hydroxylation is 1. The zero-order valence-corrected chi connectivity index (χ0v) is 11.4. The van der Waals surface area contributed by atoms with Crippen LogP contribution in [0.15, 0.2) is 24.3 Å². The molecule has 0 N–H and O–H groups in total. The molecule has 0 amide bonds. The minimum atomic E-state index is -0.473. The first-order chi connectivity index (χ1) is 8.33. The molecule has 0 heterocycles. The number of carbonyl (C=O) groups is 1. The summed E-state index contributed by atoms with van der Waals surface area (Å²) < 4.78 is 0. The lowest BCUT2D eigenvalue weighted by Crippen LogP contribution is -2.28. The molecule has 1 fully saturated rings. The van der Waals surface area contributed by atoms with E-state index in [-0.39, 0.29) is 5.97 Å². The number of benzene rings is 1. The molecule has 0 spiro atoms. The van der Waals surface area contributed by atoms with Gasteiger partial charge in [-0.15, -0.1) is 0 Å². The highest BCUT2D eigenvalue weighted by Gasteiger charge is 2.53. The lowest BCUT2D eigenvalue weighted by molar-refractivity contribution is -0.322. The molecule has 18 heavy (non-hydrogen) atoms. The van der Waals surface area contributed by atoms with Gasteiger partial charge in [0.1, 0.15) is 5.60 Å². The number of hydrogen-bond donors (Lipinski definition) is 0. The Morgan fingerprint density at radius 3 is 2.17 bits per heavy atom. The Morgan fingerprint density at radius 2 is 1.72 bits per heavy atom. The van der Waals surface area contributed by atoms with Crippen LogP contribution in [0.4, 0.5) is 0 Å². The van der Waals surface area contributed by atoms with E-state index in [2.05, 4.69) is 0 Å². The molecule has 0 aliphatic heterocycles. The van der Waals surface area contributed by atoms with Gasteiger partial charge in [-0.25, -0.2) is 4.79 Å². The largest absolute Gasteiger partial charge is 0.352 e. The van der Waals surface area contributed by atoms with Crippen LogP contribution in [0, 0.1) is 6.92 Å². The Labute approximate surface area is 108 Å². The van der Waals surface area contributed by atoms with Crippen molar-refractivity contribution in [2.75, 3.05) is 0 Å². The molecule has 0 unspecified atom stereocenters. The standard InChI is InChI=1S/C15H20O3/c1-11-5-7-12(8-6-11)15(9-10-15)13(16)17-18-14(2,3)4/h5-8H,9-10H2,1-4H3. The molecule has 0 saturated heterocycles. The highest BCUT2D eigenvalue weighted by Crippen LogP contribution is 2.49. The first-order valence-corrected chi connectivity index (χ1v) is 6.31. The summed E-state index contributed by atoms with van der Waals surface area (Å²) >= 11 is 0. The van der Waals surface area contributed by atoms with Gasteiger partial charge in [0, 0.05) is 0 Å². The second-order valence-electron chi connectivity index (χ2n) is 6.01. The minimum Gasteiger partial charge on any atom is -0.297 e. The van der Waals surface area contributed by atoms with E-state index in [9.17, 15) is 4.79 Å². The SMILES string of the molecule is Cc1ccc(C2(C(=O)OOC(C)(C)C)CC2)cc1. The molecular weight excluding hydrogens is 228 g/mol. The summed E-state index contributed by atoms with van der Waals surface area (Å²) in [7, 11) is 0. The Bertz CT molecular complexity index is 436. The lowest BCUT2D eigenvalue weighted by Gasteiger charge is -2.20. The van der Waals surface area contributed by atoms with Gasteiger partial charge in [0.15, 0.2) is 0 Å². The van der Waals surface area contributed by atoms with E-state index < -0.39 is 11.0 Å². The van der Waals surface area contributed by atoms with Crippen LogP contribution < -0.4 is 0 Å². The third-order valence-electron chi connectivity index (χ3n) is 3.11. The fourth-order valence-electron chi connectivity index (χ4n) is 1.85. The molecule has 3 heteroatoms. The molecule has 1 aliphatic rings. The van der Waals surface area contributed by atoms with Gasteiger partial charge in [-0.3, -0.25) is 4.89 Å². The van der Waals surface area contributed by atoms with Gasteiger partial charge < -0.3 is 0 Å². The van der Waals surface area contributed by atoms with Crippen LogP contribution in [0.5, 0.6) is 0 Å². The topological polar surface area (TPSA) is 35.5 Å². The van der Waals surface area contributed by atoms with Crippen molar-refractivity contribution in [2.45, 2.75) is 51.6 Å². The molecule has 3 nitrogen and oxygen atoms in total. The van der Waals surface area contributed by atoms with E-state index in [1.807, 2.05) is 52.0 Å². The smallest absolute Gasteiger partial charge is 0.297 e. The molecule has 98 valence electrons. The highest BCUT2D eigenvalue weighted by atomic mass is 17.2. The Hall–Kier alpha value is -1.35. The number of rotatable bonds is 3. The van der Waals surface area contributed by atoms with Gasteiger partial charge >= 0.3 is 5.97 Å². The van der Waals surface area contributed by atoms with Crippen molar-refractivity contribution in [2.24, 2.45) is 0 Å². The molecule has 0 radical (unpaired) electrons. The molecule has 1 aliphatic carbocycles. The van der Waals surface area contributed by atoms with Crippen LogP contribution in [0.1, 0.15) is 44.7 Å². The maximum Gasteiger partial charge on any atom is 0.352 e. The average molecular weight is 248 g/mol. The summed E-state index contributed by atoms with van der Waals surface area (Å²) in [6.45, 7) is 7.59. The van der Waals surface area contributed by atoms with E-state index in [0.29, 0.717) is 0 Å². The summed E-state index contributed by atoms with van der Waals surface area (Å²) in [6, 6.07) is 8.04. The monoisotopic (exact) mass is 248 g/mol. The van der Waals surface area contributed by atoms with Crippen LogP contribution in [0.25, 0.3) is 0 Å². The first kappa shape index (κ1) is 13.1. The Morgan fingerprint density at radius 1 is 1.17 bits per heavy atom. The van der Waals surface area contributed by atoms with Gasteiger partial charge in [0.25, 0.3) is 0 Å². The summed E-state index contributed by atoms with van der Waals surface area (Å²) in [5.74, 6) is -0.277. The van der Waals surface area contributed by atoms with Crippen LogP contribution >= 0.6 is 0 Å². The Kier molecular flexibility index (Phi) is 3.20. The fourth-order valence-corrected chi connectivity index (χ4v) is 1.85. The molecule has 0 atom stereocenters. The van der Waals surface area contributed by atoms with Crippen molar-refractivity contribution in [1.82, 2.24) is 0 Å². The van der Waals surface area contributed by atoms with Gasteiger partial charge in [-0.2, -0.15) is 4.89 Å². The van der Waals surface area contributed by atoms with E-state index in [1.54, 1.807) is 0 Å². The van der Waals surface area contributed by atoms with Crippen molar-refractivity contribution >= 4 is 5.97 Å². The van der Waals surface area contributed by atoms with E-state index in [1.165, 1.54) is 5.56 Å². The van der Waals surface area contributed by atoms with E-state index in [4.69, 9.17) is 9.78 Å². The normalized spacial score (nSPS) is 17.3. The molecule has 0 bridgehead atoms. The van der Waals surface area contributed by atoms with Crippen molar-refractivity contribution in [1.29, 1.82) is 0 Å². The molecule has 1 aromatic carbocycles. The predicted octanol–water partition coefficient (Wildman–Crippen LogP) is 3.30. The van der Waals surface area contributed by atoms with Gasteiger partial charge in [0.05, 0.1) is 5.41 Å². The zero-order chi connectivity index (χ0) is 13.4. The summed E-state index contributed by atoms with van der Waals surface area (Å²) in [5, 5.41) is 0. The van der Waals surface area contributed by atoms with Gasteiger partial charge in [0.2, 0.25) is 0 Å². The molecule has 1 aromatic rings. The zero-order valence-electron chi connectivity index (χ0n) is 11.4. The van der Waals surface area contributed by atoms with Crippen molar-refractivity contribution in [3.63, 3.8) is 0 Å². The van der Waals surface area contributed by atoms with E-state index in [0.717, 1.165) is 18.4 Å². The quantitative estimate of drug-likeness (QED) is 0.608. The van der Waals surface area contributed by atoms with E-state index >= 15 is 0 Å². The summed E-state index contributed by atoms with van der Waals surface area (Å²) in [6.07, 6.45) is 1.67. The third-order valence-corrected chi connectivity index (χ3v) is 3.11. The fraction of sp³-hybridized carbons (Fsp3) is 0.533. The highest BCUT2D eigenvalue weighted by molar-refractivity contribution is 5.86. The second kappa shape index (κ2) is 4.39. The number of carbonyl (C=O) groups excluding carboxylic acids is 1. The maximum atomic E-state index is 12.1. The minimum absolute atomic E-state index is 0.277. The van der Waals surface area contributed by atoms with Gasteiger partial charge in [-0.1, -0.05) is 29.8 Å². The lowest BCUT2D eigenvalue weighted by atomic mass is 9.95. The van der Waals surface area contributed by atoms with Crippen LogP contribution in [0.3, 0.4) is 0 Å². The first-order valence-electron chi connectivity index (χ1n) is 6.31. The predicted molar refractivity (Wildman–Crippen MR) is 69.0 cm³/mol. The second-order valence-corrected chi connectivity index (χ2v) is 6.01. The molecule has 1 saturated carbocycles. The summed E-state index contributed by atoms with van der Waals surface area (Å²) in [5.41, 5.74) is 1.27. The van der Waals surface area contributed by atoms with Crippen LogP contribution in [0.2, 0.25) is 0 Å². The third kappa shape index (κ3) is 2.72. The van der Waals surface area contributed by atoms with Crippen LogP contribution in [-0.4, -0.2) is 11.6 Å². The van der Waals surface area contributed by atoms with Crippen molar-refractivity contribution in [3.05, 3.63) is 35.4 Å². The molecule has 2 rings (SSSR count). The van der Waals surface area contributed by atoms with Crippen LogP contribution in [-0.2, 0) is 20.0 Å². The molecular formula is C15H20O3. The van der Waals surface area contributed by atoms with Crippen molar-refractivity contribution < 1.29 is 14.6 Å². The van der Waals surface area contributed by atoms with Crippen molar-refractivity contribution in [3.8, 4) is 0 Å². The average Bonchev–Trinajstić information content (AvgIpc) is 3.07. The summed E-state index contributed by atoms with van der Waals surface area (Å²) in [4.78, 5) is 22.2.